The first-order chi connectivity index (χ1) is 9.25. The van der Waals surface area contributed by atoms with E-state index in [1.807, 2.05) is 6.07 Å². The van der Waals surface area contributed by atoms with Gasteiger partial charge in [0, 0.05) is 0 Å². The number of hydrogen-bond donors (Lipinski definition) is 0. The van der Waals surface area contributed by atoms with Crippen LogP contribution in [0.25, 0.3) is 0 Å². The third kappa shape index (κ3) is 7.01. The Kier molecular flexibility index (Phi) is 8.99. The van der Waals surface area contributed by atoms with E-state index >= 15 is 0 Å². The molecule has 0 fully saturated rings. The van der Waals surface area contributed by atoms with E-state index in [1.54, 1.807) is 0 Å². The van der Waals surface area contributed by atoms with Gasteiger partial charge in [0.05, 0.1) is 5.38 Å². The van der Waals surface area contributed by atoms with E-state index in [2.05, 4.69) is 38.1 Å². The highest BCUT2D eigenvalue weighted by Gasteiger charge is 2.15. The molecule has 0 saturated carbocycles. The minimum atomic E-state index is 0.168. The predicted molar refractivity (Wildman–Crippen MR) is 86.8 cm³/mol. The second kappa shape index (κ2) is 10.3. The van der Waals surface area contributed by atoms with Crippen molar-refractivity contribution in [1.82, 2.24) is 0 Å². The van der Waals surface area contributed by atoms with Crippen molar-refractivity contribution < 1.29 is 0 Å². The van der Waals surface area contributed by atoms with E-state index < -0.39 is 0 Å². The van der Waals surface area contributed by atoms with E-state index in [9.17, 15) is 0 Å². The molecule has 0 radical (unpaired) electrons. The van der Waals surface area contributed by atoms with Crippen molar-refractivity contribution in [3.63, 3.8) is 0 Å². The lowest BCUT2D eigenvalue weighted by Crippen LogP contribution is -2.04. The second-order valence-electron chi connectivity index (χ2n) is 5.70. The Morgan fingerprint density at radius 3 is 2.11 bits per heavy atom. The Labute approximate surface area is 124 Å². The summed E-state index contributed by atoms with van der Waals surface area (Å²) in [6.07, 6.45) is 10.9. The topological polar surface area (TPSA) is 0 Å². The quantitative estimate of drug-likeness (QED) is 0.329. The molecule has 0 spiro atoms. The second-order valence-corrected chi connectivity index (χ2v) is 6.17. The van der Waals surface area contributed by atoms with Crippen LogP contribution in [0.1, 0.15) is 76.2 Å². The molecule has 108 valence electrons. The number of alkyl halides is 1. The van der Waals surface area contributed by atoms with E-state index in [-0.39, 0.29) is 5.38 Å². The maximum absolute atomic E-state index is 6.54. The van der Waals surface area contributed by atoms with E-state index in [4.69, 9.17) is 11.6 Å². The molecular weight excluding hydrogens is 252 g/mol. The maximum Gasteiger partial charge on any atom is 0.0610 e. The fourth-order valence-corrected chi connectivity index (χ4v) is 2.81. The van der Waals surface area contributed by atoms with Crippen molar-refractivity contribution in [1.29, 1.82) is 0 Å². The summed E-state index contributed by atoms with van der Waals surface area (Å²) in [6, 6.07) is 10.5. The highest BCUT2D eigenvalue weighted by molar-refractivity contribution is 6.20. The summed E-state index contributed by atoms with van der Waals surface area (Å²) in [7, 11) is 0. The summed E-state index contributed by atoms with van der Waals surface area (Å²) in [5.41, 5.74) is 1.26. The van der Waals surface area contributed by atoms with E-state index in [0.717, 1.165) is 0 Å². The summed E-state index contributed by atoms with van der Waals surface area (Å²) < 4.78 is 0. The van der Waals surface area contributed by atoms with Crippen molar-refractivity contribution in [2.75, 3.05) is 0 Å². The van der Waals surface area contributed by atoms with Gasteiger partial charge in [0.15, 0.2) is 0 Å². The van der Waals surface area contributed by atoms with Crippen LogP contribution in [-0.2, 0) is 0 Å². The summed E-state index contributed by atoms with van der Waals surface area (Å²) in [6.45, 7) is 4.55. The smallest absolute Gasteiger partial charge is 0.0610 e. The zero-order valence-corrected chi connectivity index (χ0v) is 13.3. The average Bonchev–Trinajstić information content (AvgIpc) is 2.46. The Bertz CT molecular complexity index is 307. The summed E-state index contributed by atoms with van der Waals surface area (Å²) in [5.74, 6) is 0.569. The van der Waals surface area contributed by atoms with Gasteiger partial charge < -0.3 is 0 Å². The lowest BCUT2D eigenvalue weighted by atomic mass is 9.94. The van der Waals surface area contributed by atoms with Crippen LogP contribution in [0.4, 0.5) is 0 Å². The fraction of sp³-hybridized carbons (Fsp3) is 0.667. The van der Waals surface area contributed by atoms with Crippen molar-refractivity contribution in [3.8, 4) is 0 Å². The van der Waals surface area contributed by atoms with Gasteiger partial charge in [0.2, 0.25) is 0 Å². The van der Waals surface area contributed by atoms with Gasteiger partial charge in [-0.2, -0.15) is 0 Å². The van der Waals surface area contributed by atoms with Crippen LogP contribution in [0.5, 0.6) is 0 Å². The Morgan fingerprint density at radius 2 is 1.47 bits per heavy atom. The van der Waals surface area contributed by atoms with E-state index in [1.165, 1.54) is 56.9 Å². The van der Waals surface area contributed by atoms with Gasteiger partial charge in [-0.25, -0.2) is 0 Å². The molecule has 2 unspecified atom stereocenters. The highest BCUT2D eigenvalue weighted by Crippen LogP contribution is 2.32. The molecule has 0 aliphatic rings. The van der Waals surface area contributed by atoms with Crippen molar-refractivity contribution in [2.24, 2.45) is 5.92 Å². The molecule has 2 atom stereocenters. The van der Waals surface area contributed by atoms with Crippen LogP contribution in [0.15, 0.2) is 30.3 Å². The van der Waals surface area contributed by atoms with Gasteiger partial charge in [0.25, 0.3) is 0 Å². The maximum atomic E-state index is 6.54. The zero-order valence-electron chi connectivity index (χ0n) is 12.6. The predicted octanol–water partition coefficient (Wildman–Crippen LogP) is 6.74. The van der Waals surface area contributed by atoms with Gasteiger partial charge in [-0.3, -0.25) is 0 Å². The Balaban J connectivity index is 2.12. The molecule has 0 heterocycles. The molecule has 0 aliphatic heterocycles. The third-order valence-electron chi connectivity index (χ3n) is 3.88. The van der Waals surface area contributed by atoms with Gasteiger partial charge in [-0.15, -0.1) is 11.6 Å². The van der Waals surface area contributed by atoms with Crippen molar-refractivity contribution in [3.05, 3.63) is 35.9 Å². The molecular formula is C18H29Cl. The molecule has 1 aromatic carbocycles. The molecule has 0 aliphatic carbocycles. The van der Waals surface area contributed by atoms with Gasteiger partial charge >= 0.3 is 0 Å². The number of benzene rings is 1. The normalized spacial score (nSPS) is 14.3. The van der Waals surface area contributed by atoms with Crippen LogP contribution in [0.2, 0.25) is 0 Å². The molecule has 0 aromatic heterocycles. The van der Waals surface area contributed by atoms with Crippen LogP contribution in [0, 0.1) is 5.92 Å². The first-order valence-electron chi connectivity index (χ1n) is 7.94. The van der Waals surface area contributed by atoms with Crippen molar-refractivity contribution in [2.45, 2.75) is 70.6 Å². The van der Waals surface area contributed by atoms with Crippen LogP contribution < -0.4 is 0 Å². The molecule has 0 bridgehead atoms. The van der Waals surface area contributed by atoms with Crippen LogP contribution in [0.3, 0.4) is 0 Å². The van der Waals surface area contributed by atoms with Gasteiger partial charge in [-0.05, 0) is 17.9 Å². The Hall–Kier alpha value is -0.490. The largest absolute Gasteiger partial charge is 0.118 e. The first kappa shape index (κ1) is 16.6. The molecule has 1 rings (SSSR count). The number of halogens is 1. The molecule has 0 N–H and O–H groups in total. The standard InChI is InChI=1S/C18H29Cl/c1-3-4-5-6-7-8-10-13-16(2)18(19)17-14-11-9-12-15-17/h9,11-12,14-16,18H,3-8,10,13H2,1-2H3. The fourth-order valence-electron chi connectivity index (χ4n) is 2.54. The molecule has 0 amide bonds. The summed E-state index contributed by atoms with van der Waals surface area (Å²) in [5, 5.41) is 0.168. The molecule has 1 heteroatoms. The minimum absolute atomic E-state index is 0.168. The number of rotatable bonds is 10. The summed E-state index contributed by atoms with van der Waals surface area (Å²) in [4.78, 5) is 0. The van der Waals surface area contributed by atoms with Crippen molar-refractivity contribution >= 4 is 11.6 Å². The number of unbranched alkanes of at least 4 members (excludes halogenated alkanes) is 6. The molecule has 19 heavy (non-hydrogen) atoms. The summed E-state index contributed by atoms with van der Waals surface area (Å²) >= 11 is 6.54. The number of hydrogen-bond acceptors (Lipinski definition) is 0. The van der Waals surface area contributed by atoms with Crippen LogP contribution >= 0.6 is 11.6 Å². The zero-order chi connectivity index (χ0) is 13.9. The molecule has 1 aromatic rings. The lowest BCUT2D eigenvalue weighted by molar-refractivity contribution is 0.469. The monoisotopic (exact) mass is 280 g/mol. The highest BCUT2D eigenvalue weighted by atomic mass is 35.5. The Morgan fingerprint density at radius 1 is 0.895 bits per heavy atom. The van der Waals surface area contributed by atoms with Gasteiger partial charge in [-0.1, -0.05) is 89.1 Å². The molecule has 0 saturated heterocycles. The minimum Gasteiger partial charge on any atom is -0.118 e. The van der Waals surface area contributed by atoms with Gasteiger partial charge in [0.1, 0.15) is 0 Å². The SMILES string of the molecule is CCCCCCCCCC(C)C(Cl)c1ccccc1. The lowest BCUT2D eigenvalue weighted by Gasteiger charge is -2.18. The third-order valence-corrected chi connectivity index (χ3v) is 4.56. The van der Waals surface area contributed by atoms with E-state index in [0.29, 0.717) is 5.92 Å². The van der Waals surface area contributed by atoms with Crippen LogP contribution in [-0.4, -0.2) is 0 Å². The average molecular weight is 281 g/mol. The molecule has 0 nitrogen and oxygen atoms in total. The first-order valence-corrected chi connectivity index (χ1v) is 8.38.